The zero-order chi connectivity index (χ0) is 79.1. The van der Waals surface area contributed by atoms with Gasteiger partial charge in [-0.15, -0.1) is 0 Å². The summed E-state index contributed by atoms with van der Waals surface area (Å²) in [6.07, 6.45) is -12.4. The molecule has 2 aliphatic rings. The molecule has 0 radical (unpaired) electrons. The molecule has 0 spiro atoms. The average molecular weight is 1530 g/mol. The van der Waals surface area contributed by atoms with E-state index in [1.54, 1.807) is 77.8 Å². The molecule has 0 saturated carbocycles. The van der Waals surface area contributed by atoms with Crippen LogP contribution in [-0.4, -0.2) is 301 Å². The highest BCUT2D eigenvalue weighted by Crippen LogP contribution is 2.33. The predicted octanol–water partition coefficient (Wildman–Crippen LogP) is 1.69. The second-order valence-electron chi connectivity index (χ2n) is 27.1. The molecule has 608 valence electrons. The number of ether oxygens (including phenoxy) is 12. The molecular formula is C73H120N8O26. The first-order valence-electron chi connectivity index (χ1n) is 36.6. The molecule has 15 atom stereocenters. The van der Waals surface area contributed by atoms with E-state index < -0.39 is 139 Å². The van der Waals surface area contributed by atoms with Gasteiger partial charge in [0.15, 0.2) is 6.10 Å². The quantitative estimate of drug-likeness (QED) is 0.0333. The summed E-state index contributed by atoms with van der Waals surface area (Å²) < 4.78 is 67.2. The van der Waals surface area contributed by atoms with Gasteiger partial charge in [-0.25, -0.2) is 15.5 Å². The van der Waals surface area contributed by atoms with E-state index in [0.717, 1.165) is 4.90 Å². The summed E-state index contributed by atoms with van der Waals surface area (Å²) in [6, 6.07) is 8.71. The molecule has 2 heterocycles. The molecule has 2 aromatic carbocycles. The number of hydrogen-bond donors (Lipinski definition) is 10. The molecule has 11 N–H and O–H groups in total. The molecule has 2 saturated heterocycles. The molecule has 0 bridgehead atoms. The maximum atomic E-state index is 14.9. The van der Waals surface area contributed by atoms with E-state index in [9.17, 15) is 63.9 Å². The SMILES string of the molecule is CC[C@H](C)[C@@H]([C@@H](CC(=O)N1CCC[C@H]1[C@H](OC)[C@@H](C)C(=O)N[C@H](C)[C@@H](O)c1ccccc1)OC)N(C)C(=O)[C@@H](NC(=O)[C@H](C(C)C)N(C)C(=O)OCc1cc(NC(=O)CCC(=O)NCCOCCOCCOCCOCCOCCOCCOCCON)ccc1OC1OC(C(=O)O)C(O)C(O)C1O)C(C)C. The van der Waals surface area contributed by atoms with Crippen molar-refractivity contribution in [3.8, 4) is 5.75 Å². The van der Waals surface area contributed by atoms with E-state index in [0.29, 0.717) is 111 Å². The number of likely N-dealkylation sites (N-methyl/N-ethyl adjacent to an activating group) is 2. The molecule has 34 heteroatoms. The van der Waals surface area contributed by atoms with Gasteiger partial charge in [0.2, 0.25) is 41.7 Å². The monoisotopic (exact) mass is 1520 g/mol. The van der Waals surface area contributed by atoms with Gasteiger partial charge in [-0.2, -0.15) is 0 Å². The van der Waals surface area contributed by atoms with E-state index in [4.69, 9.17) is 62.7 Å². The van der Waals surface area contributed by atoms with Crippen LogP contribution in [0.15, 0.2) is 48.5 Å². The van der Waals surface area contributed by atoms with E-state index >= 15 is 0 Å². The lowest BCUT2D eigenvalue weighted by molar-refractivity contribution is -0.271. The Morgan fingerprint density at radius 1 is 0.673 bits per heavy atom. The van der Waals surface area contributed by atoms with Crippen LogP contribution in [-0.2, 0) is 97.1 Å². The molecule has 34 nitrogen and oxygen atoms in total. The van der Waals surface area contributed by atoms with Crippen LogP contribution >= 0.6 is 0 Å². The Morgan fingerprint density at radius 3 is 1.76 bits per heavy atom. The number of carboxylic acid groups (broad SMARTS) is 1. The highest BCUT2D eigenvalue weighted by molar-refractivity contribution is 5.94. The number of aliphatic hydroxyl groups excluding tert-OH is 4. The zero-order valence-electron chi connectivity index (χ0n) is 64.1. The molecule has 5 unspecified atom stereocenters. The van der Waals surface area contributed by atoms with Crippen molar-refractivity contribution in [2.75, 3.05) is 146 Å². The minimum atomic E-state index is -2.04. The van der Waals surface area contributed by atoms with Crippen molar-refractivity contribution in [3.05, 3.63) is 59.7 Å². The highest BCUT2D eigenvalue weighted by Gasteiger charge is 2.49. The number of aliphatic hydroxyl groups is 4. The Labute approximate surface area is 627 Å². The van der Waals surface area contributed by atoms with E-state index in [-0.39, 0.29) is 80.4 Å². The van der Waals surface area contributed by atoms with Crippen molar-refractivity contribution in [1.82, 2.24) is 30.7 Å². The first-order chi connectivity index (χ1) is 51.1. The smallest absolute Gasteiger partial charge is 0.410 e. The first kappa shape index (κ1) is 92.5. The fourth-order valence-corrected chi connectivity index (χ4v) is 12.4. The van der Waals surface area contributed by atoms with Crippen LogP contribution in [0.4, 0.5) is 10.5 Å². The molecule has 4 rings (SSSR count). The number of aliphatic carboxylic acids is 1. The Morgan fingerprint density at radius 2 is 1.23 bits per heavy atom. The van der Waals surface area contributed by atoms with E-state index in [1.165, 1.54) is 44.4 Å². The van der Waals surface area contributed by atoms with Crippen molar-refractivity contribution in [1.29, 1.82) is 0 Å². The lowest BCUT2D eigenvalue weighted by atomic mass is 9.89. The topological polar surface area (TPSA) is 442 Å². The number of methoxy groups -OCH3 is 2. The van der Waals surface area contributed by atoms with Gasteiger partial charge in [0.25, 0.3) is 0 Å². The van der Waals surface area contributed by atoms with Gasteiger partial charge in [0.05, 0.1) is 148 Å². The van der Waals surface area contributed by atoms with Crippen LogP contribution in [0.25, 0.3) is 0 Å². The number of rotatable bonds is 53. The summed E-state index contributed by atoms with van der Waals surface area (Å²) in [5.41, 5.74) is 0.746. The maximum Gasteiger partial charge on any atom is 0.410 e. The summed E-state index contributed by atoms with van der Waals surface area (Å²) in [4.78, 5) is 119. The van der Waals surface area contributed by atoms with Gasteiger partial charge < -0.3 is 118 Å². The molecule has 0 aliphatic carbocycles. The Bertz CT molecular complexity index is 2960. The number of amides is 7. The van der Waals surface area contributed by atoms with Crippen molar-refractivity contribution < 1.29 is 126 Å². The Kier molecular flexibility index (Phi) is 43.3. The normalized spacial score (nSPS) is 19.9. The molecule has 2 aliphatic heterocycles. The molecule has 7 amide bonds. The fourth-order valence-electron chi connectivity index (χ4n) is 12.4. The van der Waals surface area contributed by atoms with Crippen molar-refractivity contribution in [2.45, 2.75) is 180 Å². The lowest BCUT2D eigenvalue weighted by Gasteiger charge is -2.41. The molecular weight excluding hydrogens is 1400 g/mol. The minimum absolute atomic E-state index is 0.0106. The third kappa shape index (κ3) is 30.9. The van der Waals surface area contributed by atoms with Crippen LogP contribution in [0.1, 0.15) is 111 Å². The molecule has 2 fully saturated rings. The summed E-state index contributed by atoms with van der Waals surface area (Å²) in [7, 11) is 5.87. The number of likely N-dealkylation sites (tertiary alicyclic amines) is 1. The van der Waals surface area contributed by atoms with Crippen LogP contribution in [0.5, 0.6) is 5.75 Å². The fraction of sp³-hybridized carbons (Fsp3) is 0.726. The van der Waals surface area contributed by atoms with Crippen LogP contribution in [0, 0.1) is 23.7 Å². The van der Waals surface area contributed by atoms with Crippen LogP contribution in [0.2, 0.25) is 0 Å². The van der Waals surface area contributed by atoms with Crippen LogP contribution < -0.4 is 31.9 Å². The van der Waals surface area contributed by atoms with Crippen molar-refractivity contribution in [3.63, 3.8) is 0 Å². The standard InChI is InChI=1S/C73H120N8O26/c1-13-47(6)61(55(95-11)43-58(84)81-26-17-20-53(81)66(96-12)48(7)68(89)76-49(8)62(85)50-18-15-14-16-19-50)79(9)70(91)59(45(2)3)78-69(90)60(46(4)5)80(10)73(94)104-44-51-42-52(21-22-54(51)106-72-65(88)63(86)64(87)67(107-72)71(92)93)77-57(83)24-23-56(82)75-25-27-97-28-29-98-30-31-99-32-33-100-34-35-101-36-37-102-38-39-103-40-41-105-74/h14-16,18-19,21-22,42,45-49,53,55,59-67,72,85-88H,13,17,20,23-41,43-44,74H2,1-12H3,(H,75,82)(H,76,89)(H,77,83)(H,78,90)(H,92,93)/t47-,48+,49+,53-,55+,59-,60-,61-,62+,63?,64?,65?,66+,67?,72?/m0/s1. The zero-order valence-corrected chi connectivity index (χ0v) is 64.1. The second kappa shape index (κ2) is 50.1. The Hall–Kier alpha value is -6.84. The first-order valence-corrected chi connectivity index (χ1v) is 36.6. The maximum absolute atomic E-state index is 14.9. The predicted molar refractivity (Wildman–Crippen MR) is 387 cm³/mol. The second-order valence-corrected chi connectivity index (χ2v) is 27.1. The number of nitrogens with zero attached hydrogens (tertiary/aromatic N) is 3. The number of nitrogens with one attached hydrogen (secondary N) is 4. The third-order valence-corrected chi connectivity index (χ3v) is 18.6. The number of carboxylic acids is 1. The number of carbonyl (C=O) groups excluding carboxylic acids is 7. The van der Waals surface area contributed by atoms with Gasteiger partial charge in [-0.3, -0.25) is 33.7 Å². The number of carbonyl (C=O) groups is 8. The third-order valence-electron chi connectivity index (χ3n) is 18.6. The van der Waals surface area contributed by atoms with Gasteiger partial charge in [0.1, 0.15) is 42.8 Å². The van der Waals surface area contributed by atoms with Gasteiger partial charge in [-0.05, 0) is 61.3 Å². The number of anilines is 1. The lowest BCUT2D eigenvalue weighted by Crippen LogP contribution is -2.61. The minimum Gasteiger partial charge on any atom is -0.479 e. The highest BCUT2D eigenvalue weighted by atomic mass is 16.7. The average Bonchev–Trinajstić information content (AvgIpc) is 1.65. The summed E-state index contributed by atoms with van der Waals surface area (Å²) in [5.74, 6) is -1.88. The Balaban J connectivity index is 1.34. The largest absolute Gasteiger partial charge is 0.479 e. The summed E-state index contributed by atoms with van der Waals surface area (Å²) >= 11 is 0. The van der Waals surface area contributed by atoms with E-state index in [2.05, 4.69) is 26.1 Å². The molecule has 0 aromatic heterocycles. The number of hydrogen-bond acceptors (Lipinski definition) is 26. The number of nitrogens with two attached hydrogens (primary N) is 1. The van der Waals surface area contributed by atoms with E-state index in [1.807, 2.05) is 19.9 Å². The van der Waals surface area contributed by atoms with Gasteiger partial charge in [-0.1, -0.05) is 85.2 Å². The van der Waals surface area contributed by atoms with Crippen molar-refractivity contribution in [2.24, 2.45) is 29.6 Å². The summed E-state index contributed by atoms with van der Waals surface area (Å²) in [6.45, 7) is 19.6. The summed E-state index contributed by atoms with van der Waals surface area (Å²) in [5, 5.41) is 63.7. The van der Waals surface area contributed by atoms with Crippen molar-refractivity contribution >= 4 is 53.2 Å². The molecule has 107 heavy (non-hydrogen) atoms. The van der Waals surface area contributed by atoms with Gasteiger partial charge >= 0.3 is 12.1 Å². The van der Waals surface area contributed by atoms with Gasteiger partial charge in [0, 0.05) is 65.5 Å². The molecule has 2 aromatic rings. The number of benzene rings is 2. The van der Waals surface area contributed by atoms with Crippen LogP contribution in [0.3, 0.4) is 0 Å².